The SMILES string of the molecule is CCOC(=O)c1cc2ccc(C(=N)NC(=O)OCC(C)C)nc2n1Cc1cccc2ccccc12. The molecule has 2 N–H and O–H groups in total. The molecule has 2 heterocycles. The average molecular weight is 473 g/mol. The number of nitrogens with zero attached hydrogens (tertiary/aromatic N) is 2. The molecule has 8 heteroatoms. The fraction of sp³-hybridized carbons (Fsp3) is 0.259. The number of rotatable bonds is 7. The summed E-state index contributed by atoms with van der Waals surface area (Å²) in [4.78, 5) is 29.4. The third kappa shape index (κ3) is 5.32. The summed E-state index contributed by atoms with van der Waals surface area (Å²) in [5.41, 5.74) is 2.16. The zero-order valence-electron chi connectivity index (χ0n) is 20.0. The summed E-state index contributed by atoms with van der Waals surface area (Å²) in [6.45, 7) is 6.51. The predicted molar refractivity (Wildman–Crippen MR) is 135 cm³/mol. The molecule has 0 aliphatic heterocycles. The number of esters is 1. The Balaban J connectivity index is 1.73. The van der Waals surface area contributed by atoms with Crippen LogP contribution in [0.15, 0.2) is 60.7 Å². The van der Waals surface area contributed by atoms with Crippen molar-refractivity contribution < 1.29 is 19.1 Å². The van der Waals surface area contributed by atoms with E-state index < -0.39 is 12.1 Å². The molecule has 35 heavy (non-hydrogen) atoms. The van der Waals surface area contributed by atoms with Crippen LogP contribution in [0.2, 0.25) is 0 Å². The first-order chi connectivity index (χ1) is 16.9. The first-order valence-corrected chi connectivity index (χ1v) is 11.5. The van der Waals surface area contributed by atoms with Gasteiger partial charge in [0.25, 0.3) is 0 Å². The molecule has 0 radical (unpaired) electrons. The maximum absolute atomic E-state index is 12.8. The van der Waals surface area contributed by atoms with E-state index in [1.54, 1.807) is 29.7 Å². The minimum absolute atomic E-state index is 0.183. The molecular weight excluding hydrogens is 444 g/mol. The first kappa shape index (κ1) is 23.9. The number of nitrogens with one attached hydrogen (secondary N) is 2. The lowest BCUT2D eigenvalue weighted by molar-refractivity contribution is 0.0515. The van der Waals surface area contributed by atoms with Crippen molar-refractivity contribution in [2.75, 3.05) is 13.2 Å². The highest BCUT2D eigenvalue weighted by Crippen LogP contribution is 2.25. The number of aromatic nitrogens is 2. The smallest absolute Gasteiger partial charge is 0.412 e. The van der Waals surface area contributed by atoms with Crippen molar-refractivity contribution in [3.8, 4) is 0 Å². The van der Waals surface area contributed by atoms with Crippen LogP contribution in [0.25, 0.3) is 21.8 Å². The first-order valence-electron chi connectivity index (χ1n) is 11.5. The molecule has 0 saturated carbocycles. The molecule has 0 fully saturated rings. The Kier molecular flexibility index (Phi) is 7.10. The van der Waals surface area contributed by atoms with Crippen LogP contribution in [0.4, 0.5) is 4.79 Å². The third-order valence-corrected chi connectivity index (χ3v) is 5.47. The predicted octanol–water partition coefficient (Wildman–Crippen LogP) is 5.12. The van der Waals surface area contributed by atoms with Gasteiger partial charge in [-0.05, 0) is 47.4 Å². The Morgan fingerprint density at radius 3 is 2.57 bits per heavy atom. The van der Waals surface area contributed by atoms with Crippen LogP contribution in [0.1, 0.15) is 42.5 Å². The van der Waals surface area contributed by atoms with E-state index in [1.807, 2.05) is 56.3 Å². The fourth-order valence-corrected chi connectivity index (χ4v) is 3.85. The van der Waals surface area contributed by atoms with Gasteiger partial charge in [0.05, 0.1) is 19.8 Å². The Morgan fingerprint density at radius 1 is 1.03 bits per heavy atom. The molecule has 2 aromatic heterocycles. The molecular formula is C27H28N4O4. The molecule has 4 rings (SSSR count). The number of benzene rings is 2. The number of fused-ring (bicyclic) bond motifs is 2. The second-order valence-electron chi connectivity index (χ2n) is 8.58. The van der Waals surface area contributed by atoms with Gasteiger partial charge in [-0.3, -0.25) is 10.7 Å². The number of hydrogen-bond acceptors (Lipinski definition) is 6. The monoisotopic (exact) mass is 472 g/mol. The zero-order chi connectivity index (χ0) is 24.9. The lowest BCUT2D eigenvalue weighted by atomic mass is 10.0. The van der Waals surface area contributed by atoms with Crippen LogP contribution in [-0.4, -0.2) is 40.7 Å². The molecule has 0 aliphatic carbocycles. The van der Waals surface area contributed by atoms with Gasteiger partial charge >= 0.3 is 12.1 Å². The van der Waals surface area contributed by atoms with Crippen molar-refractivity contribution in [1.82, 2.24) is 14.9 Å². The van der Waals surface area contributed by atoms with Gasteiger partial charge in [-0.2, -0.15) is 0 Å². The van der Waals surface area contributed by atoms with Crippen LogP contribution in [0, 0.1) is 11.3 Å². The van der Waals surface area contributed by atoms with Gasteiger partial charge in [-0.1, -0.05) is 56.3 Å². The number of hydrogen-bond donors (Lipinski definition) is 2. The van der Waals surface area contributed by atoms with Gasteiger partial charge in [0, 0.05) is 5.39 Å². The van der Waals surface area contributed by atoms with Crippen molar-refractivity contribution in [1.29, 1.82) is 5.41 Å². The number of carbonyl (C=O) groups is 2. The van der Waals surface area contributed by atoms with E-state index in [1.165, 1.54) is 0 Å². The van der Waals surface area contributed by atoms with E-state index in [0.717, 1.165) is 21.7 Å². The number of amides is 1. The van der Waals surface area contributed by atoms with Gasteiger partial charge < -0.3 is 14.0 Å². The van der Waals surface area contributed by atoms with Crippen LogP contribution in [0.3, 0.4) is 0 Å². The summed E-state index contributed by atoms with van der Waals surface area (Å²) in [5, 5.41) is 13.6. The van der Waals surface area contributed by atoms with Crippen molar-refractivity contribution in [3.05, 3.63) is 77.6 Å². The molecule has 0 saturated heterocycles. The molecule has 0 atom stereocenters. The number of amidine groups is 1. The summed E-state index contributed by atoms with van der Waals surface area (Å²) in [6, 6.07) is 19.2. The number of ether oxygens (including phenoxy) is 2. The van der Waals surface area contributed by atoms with Gasteiger partial charge in [0.1, 0.15) is 17.0 Å². The van der Waals surface area contributed by atoms with E-state index in [0.29, 0.717) is 17.9 Å². The summed E-state index contributed by atoms with van der Waals surface area (Å²) in [7, 11) is 0. The summed E-state index contributed by atoms with van der Waals surface area (Å²) < 4.78 is 12.2. The Morgan fingerprint density at radius 2 is 1.80 bits per heavy atom. The number of alkyl carbamates (subject to hydrolysis) is 1. The second kappa shape index (κ2) is 10.4. The summed E-state index contributed by atoms with van der Waals surface area (Å²) >= 11 is 0. The molecule has 4 aromatic rings. The Hall–Kier alpha value is -4.20. The van der Waals surface area contributed by atoms with Crippen molar-refractivity contribution in [2.45, 2.75) is 27.3 Å². The highest BCUT2D eigenvalue weighted by Gasteiger charge is 2.20. The third-order valence-electron chi connectivity index (χ3n) is 5.47. The number of carbonyl (C=O) groups excluding carboxylic acids is 2. The van der Waals surface area contributed by atoms with Crippen LogP contribution >= 0.6 is 0 Å². The maximum atomic E-state index is 12.8. The van der Waals surface area contributed by atoms with E-state index in [9.17, 15) is 9.59 Å². The van der Waals surface area contributed by atoms with E-state index in [4.69, 9.17) is 14.9 Å². The van der Waals surface area contributed by atoms with Crippen LogP contribution in [0.5, 0.6) is 0 Å². The minimum atomic E-state index is -0.705. The molecule has 8 nitrogen and oxygen atoms in total. The molecule has 0 spiro atoms. The topological polar surface area (TPSA) is 106 Å². The van der Waals surface area contributed by atoms with E-state index in [-0.39, 0.29) is 30.7 Å². The molecule has 1 amide bonds. The van der Waals surface area contributed by atoms with Gasteiger partial charge in [0.2, 0.25) is 0 Å². The lowest BCUT2D eigenvalue weighted by Gasteiger charge is -2.13. The second-order valence-corrected chi connectivity index (χ2v) is 8.58. The van der Waals surface area contributed by atoms with Crippen LogP contribution in [-0.2, 0) is 16.0 Å². The minimum Gasteiger partial charge on any atom is -0.461 e. The fourth-order valence-electron chi connectivity index (χ4n) is 3.85. The Labute approximate surface area is 203 Å². The largest absolute Gasteiger partial charge is 0.461 e. The zero-order valence-corrected chi connectivity index (χ0v) is 20.0. The van der Waals surface area contributed by atoms with Gasteiger partial charge in [-0.15, -0.1) is 0 Å². The van der Waals surface area contributed by atoms with E-state index >= 15 is 0 Å². The van der Waals surface area contributed by atoms with E-state index in [2.05, 4.69) is 10.3 Å². The lowest BCUT2D eigenvalue weighted by Crippen LogP contribution is -2.32. The molecule has 180 valence electrons. The van der Waals surface area contributed by atoms with Crippen molar-refractivity contribution >= 4 is 39.7 Å². The van der Waals surface area contributed by atoms with Crippen LogP contribution < -0.4 is 5.32 Å². The van der Waals surface area contributed by atoms with Gasteiger partial charge in [0.15, 0.2) is 5.84 Å². The highest BCUT2D eigenvalue weighted by atomic mass is 16.5. The maximum Gasteiger partial charge on any atom is 0.412 e. The quantitative estimate of drug-likeness (QED) is 0.221. The summed E-state index contributed by atoms with van der Waals surface area (Å²) in [6.07, 6.45) is -0.705. The summed E-state index contributed by atoms with van der Waals surface area (Å²) in [5.74, 6) is -0.447. The highest BCUT2D eigenvalue weighted by molar-refractivity contribution is 6.04. The molecule has 0 unspecified atom stereocenters. The molecule has 2 aromatic carbocycles. The molecule has 0 bridgehead atoms. The standard InChI is InChI=1S/C27H28N4O4/c1-4-34-26(32)23-14-19-12-13-22(24(28)30-27(33)35-16-17(2)3)29-25(19)31(23)15-20-10-7-9-18-8-5-6-11-21(18)20/h5-14,17H,4,15-16H2,1-3H3,(H2,28,30,33). The molecule has 0 aliphatic rings. The number of pyridine rings is 1. The Bertz CT molecular complexity index is 1400. The van der Waals surface area contributed by atoms with Gasteiger partial charge in [-0.25, -0.2) is 14.6 Å². The van der Waals surface area contributed by atoms with Crippen molar-refractivity contribution in [3.63, 3.8) is 0 Å². The average Bonchev–Trinajstić information content (AvgIpc) is 3.21. The normalized spacial score (nSPS) is 11.1. The van der Waals surface area contributed by atoms with Crippen molar-refractivity contribution in [2.24, 2.45) is 5.92 Å².